The number of aliphatic carboxylic acids is 1. The maximum Gasteiger partial charge on any atom is 0.303 e. The molecule has 1 saturated heterocycles. The van der Waals surface area contributed by atoms with E-state index in [1.807, 2.05) is 0 Å². The minimum Gasteiger partial charge on any atom is -0.494 e. The van der Waals surface area contributed by atoms with Crippen LogP contribution in [0.5, 0.6) is 5.75 Å². The van der Waals surface area contributed by atoms with Gasteiger partial charge in [0.25, 0.3) is 0 Å². The normalized spacial score (nSPS) is 19.4. The highest BCUT2D eigenvalue weighted by molar-refractivity contribution is 5.67. The molecule has 0 amide bonds. The number of likely N-dealkylation sites (tertiary alicyclic amines) is 1. The second-order valence-electron chi connectivity index (χ2n) is 5.56. The van der Waals surface area contributed by atoms with E-state index in [0.29, 0.717) is 12.4 Å². The van der Waals surface area contributed by atoms with Crippen LogP contribution >= 0.6 is 0 Å². The van der Waals surface area contributed by atoms with Crippen molar-refractivity contribution >= 4 is 5.97 Å². The molecule has 1 aromatic rings. The molecule has 1 N–H and O–H groups in total. The number of carboxylic acids is 1. The predicted molar refractivity (Wildman–Crippen MR) is 77.9 cm³/mol. The molecule has 0 bridgehead atoms. The van der Waals surface area contributed by atoms with Gasteiger partial charge in [0.15, 0.2) is 0 Å². The van der Waals surface area contributed by atoms with E-state index in [0.717, 1.165) is 38.9 Å². The highest BCUT2D eigenvalue weighted by Gasteiger charge is 2.21. The summed E-state index contributed by atoms with van der Waals surface area (Å²) in [6.07, 6.45) is 3.23. The molecule has 5 heteroatoms. The van der Waals surface area contributed by atoms with Crippen LogP contribution in [-0.4, -0.2) is 42.2 Å². The highest BCUT2D eigenvalue weighted by atomic mass is 19.1. The van der Waals surface area contributed by atoms with Gasteiger partial charge in [0.2, 0.25) is 0 Å². The van der Waals surface area contributed by atoms with Crippen molar-refractivity contribution in [1.29, 1.82) is 0 Å². The fraction of sp³-hybridized carbons (Fsp3) is 0.562. The van der Waals surface area contributed by atoms with Crippen molar-refractivity contribution in [3.05, 3.63) is 30.1 Å². The quantitative estimate of drug-likeness (QED) is 0.786. The Morgan fingerprint density at radius 1 is 1.38 bits per heavy atom. The summed E-state index contributed by atoms with van der Waals surface area (Å²) in [7, 11) is 0. The largest absolute Gasteiger partial charge is 0.494 e. The van der Waals surface area contributed by atoms with E-state index in [4.69, 9.17) is 9.84 Å². The van der Waals surface area contributed by atoms with Crippen LogP contribution in [0.4, 0.5) is 4.39 Å². The van der Waals surface area contributed by atoms with E-state index in [9.17, 15) is 9.18 Å². The first kappa shape index (κ1) is 15.8. The molecule has 1 aliphatic rings. The van der Waals surface area contributed by atoms with E-state index in [2.05, 4.69) is 4.90 Å². The monoisotopic (exact) mass is 295 g/mol. The fourth-order valence-corrected chi connectivity index (χ4v) is 2.78. The number of benzene rings is 1. The van der Waals surface area contributed by atoms with Crippen LogP contribution in [0, 0.1) is 11.7 Å². The molecular weight excluding hydrogens is 273 g/mol. The smallest absolute Gasteiger partial charge is 0.303 e. The molecule has 0 spiro atoms. The summed E-state index contributed by atoms with van der Waals surface area (Å²) in [4.78, 5) is 13.1. The lowest BCUT2D eigenvalue weighted by Crippen LogP contribution is -2.37. The number of rotatable bonds is 7. The van der Waals surface area contributed by atoms with Crippen LogP contribution in [0.2, 0.25) is 0 Å². The summed E-state index contributed by atoms with van der Waals surface area (Å²) < 4.78 is 18.3. The van der Waals surface area contributed by atoms with E-state index in [1.165, 1.54) is 12.1 Å². The topological polar surface area (TPSA) is 49.8 Å². The maximum absolute atomic E-state index is 12.7. The molecule has 116 valence electrons. The Morgan fingerprint density at radius 2 is 2.14 bits per heavy atom. The number of carboxylic acid groups (broad SMARTS) is 1. The van der Waals surface area contributed by atoms with Crippen molar-refractivity contribution in [2.45, 2.75) is 25.7 Å². The second-order valence-corrected chi connectivity index (χ2v) is 5.56. The summed E-state index contributed by atoms with van der Waals surface area (Å²) >= 11 is 0. The van der Waals surface area contributed by atoms with Gasteiger partial charge in [-0.15, -0.1) is 0 Å². The lowest BCUT2D eigenvalue weighted by molar-refractivity contribution is -0.138. The van der Waals surface area contributed by atoms with Gasteiger partial charge < -0.3 is 14.7 Å². The molecule has 1 aliphatic heterocycles. The standard InChI is InChI=1S/C16H22FNO3/c17-14-4-6-15(7-5-14)21-10-2-9-18-8-1-3-13(12-18)11-16(19)20/h4-7,13H,1-3,8-12H2,(H,19,20). The van der Waals surface area contributed by atoms with Gasteiger partial charge in [-0.2, -0.15) is 0 Å². The van der Waals surface area contributed by atoms with Crippen LogP contribution in [-0.2, 0) is 4.79 Å². The van der Waals surface area contributed by atoms with Crippen LogP contribution in [0.1, 0.15) is 25.7 Å². The Balaban J connectivity index is 1.64. The van der Waals surface area contributed by atoms with Gasteiger partial charge in [0.1, 0.15) is 11.6 Å². The molecule has 0 aromatic heterocycles. The van der Waals surface area contributed by atoms with Gasteiger partial charge in [-0.05, 0) is 56.0 Å². The number of ether oxygens (including phenoxy) is 1. The van der Waals surface area contributed by atoms with E-state index < -0.39 is 5.97 Å². The molecule has 0 aliphatic carbocycles. The second kappa shape index (κ2) is 7.98. The predicted octanol–water partition coefficient (Wildman–Crippen LogP) is 2.78. The summed E-state index contributed by atoms with van der Waals surface area (Å²) in [5, 5.41) is 8.85. The highest BCUT2D eigenvalue weighted by Crippen LogP contribution is 2.19. The molecule has 0 saturated carbocycles. The first-order chi connectivity index (χ1) is 10.1. The van der Waals surface area contributed by atoms with E-state index in [-0.39, 0.29) is 18.2 Å². The van der Waals surface area contributed by atoms with E-state index >= 15 is 0 Å². The summed E-state index contributed by atoms with van der Waals surface area (Å²) in [5.41, 5.74) is 0. The SMILES string of the molecule is O=C(O)CC1CCCN(CCCOc2ccc(F)cc2)C1. The third-order valence-electron chi connectivity index (χ3n) is 3.77. The molecule has 1 unspecified atom stereocenters. The van der Waals surface area contributed by atoms with Crippen molar-refractivity contribution < 1.29 is 19.0 Å². The van der Waals surface area contributed by atoms with Crippen LogP contribution < -0.4 is 4.74 Å². The number of halogens is 1. The van der Waals surface area contributed by atoms with E-state index in [1.54, 1.807) is 12.1 Å². The summed E-state index contributed by atoms with van der Waals surface area (Å²) in [6, 6.07) is 6.02. The molecule has 21 heavy (non-hydrogen) atoms. The van der Waals surface area contributed by atoms with Crippen molar-refractivity contribution in [1.82, 2.24) is 4.90 Å². The molecule has 0 radical (unpaired) electrons. The average molecular weight is 295 g/mol. The maximum atomic E-state index is 12.7. The molecule has 1 fully saturated rings. The average Bonchev–Trinajstić information content (AvgIpc) is 2.45. The number of hydrogen-bond acceptors (Lipinski definition) is 3. The van der Waals surface area contributed by atoms with Crippen molar-refractivity contribution in [3.63, 3.8) is 0 Å². The first-order valence-corrected chi connectivity index (χ1v) is 7.46. The number of nitrogens with zero attached hydrogens (tertiary/aromatic N) is 1. The molecule has 1 atom stereocenters. The Bertz CT molecular complexity index is 449. The lowest BCUT2D eigenvalue weighted by Gasteiger charge is -2.31. The Labute approximate surface area is 124 Å². The number of piperidine rings is 1. The molecule has 1 heterocycles. The number of hydrogen-bond donors (Lipinski definition) is 1. The Kier molecular flexibility index (Phi) is 5.99. The summed E-state index contributed by atoms with van der Waals surface area (Å²) in [5.74, 6) is -0.0188. The molecule has 2 rings (SSSR count). The van der Waals surface area contributed by atoms with Gasteiger partial charge in [-0.1, -0.05) is 0 Å². The van der Waals surface area contributed by atoms with Crippen molar-refractivity contribution in [2.75, 3.05) is 26.2 Å². The van der Waals surface area contributed by atoms with Crippen molar-refractivity contribution in [2.24, 2.45) is 5.92 Å². The van der Waals surface area contributed by atoms with Gasteiger partial charge in [0.05, 0.1) is 6.61 Å². The van der Waals surface area contributed by atoms with Gasteiger partial charge in [0, 0.05) is 19.5 Å². The zero-order chi connectivity index (χ0) is 15.1. The zero-order valence-corrected chi connectivity index (χ0v) is 12.1. The lowest BCUT2D eigenvalue weighted by atomic mass is 9.95. The third-order valence-corrected chi connectivity index (χ3v) is 3.77. The Hall–Kier alpha value is -1.62. The van der Waals surface area contributed by atoms with Crippen LogP contribution in [0.25, 0.3) is 0 Å². The van der Waals surface area contributed by atoms with Gasteiger partial charge in [-0.25, -0.2) is 4.39 Å². The number of carbonyl (C=O) groups is 1. The summed E-state index contributed by atoms with van der Waals surface area (Å²) in [6.45, 7) is 3.40. The van der Waals surface area contributed by atoms with Crippen LogP contribution in [0.3, 0.4) is 0 Å². The first-order valence-electron chi connectivity index (χ1n) is 7.46. The molecule has 1 aromatic carbocycles. The van der Waals surface area contributed by atoms with Gasteiger partial charge in [-0.3, -0.25) is 4.79 Å². The molecule has 4 nitrogen and oxygen atoms in total. The van der Waals surface area contributed by atoms with Gasteiger partial charge >= 0.3 is 5.97 Å². The minimum atomic E-state index is -0.707. The minimum absolute atomic E-state index is 0.264. The fourth-order valence-electron chi connectivity index (χ4n) is 2.78. The molecular formula is C16H22FNO3. The van der Waals surface area contributed by atoms with Crippen molar-refractivity contribution in [3.8, 4) is 5.75 Å². The Morgan fingerprint density at radius 3 is 2.86 bits per heavy atom. The third kappa shape index (κ3) is 5.71. The van der Waals surface area contributed by atoms with Crippen LogP contribution in [0.15, 0.2) is 24.3 Å². The zero-order valence-electron chi connectivity index (χ0n) is 12.1.